The van der Waals surface area contributed by atoms with E-state index in [0.29, 0.717) is 67.6 Å². The van der Waals surface area contributed by atoms with Gasteiger partial charge < -0.3 is 34.8 Å². The smallest absolute Gasteiger partial charge is 0.322 e. The van der Waals surface area contributed by atoms with Crippen molar-refractivity contribution in [1.29, 1.82) is 0 Å². The van der Waals surface area contributed by atoms with Crippen molar-refractivity contribution < 1.29 is 28.2 Å². The van der Waals surface area contributed by atoms with E-state index in [1.165, 1.54) is 12.1 Å². The lowest BCUT2D eigenvalue weighted by Crippen LogP contribution is -2.50. The van der Waals surface area contributed by atoms with Crippen LogP contribution in [0.5, 0.6) is 11.5 Å². The Morgan fingerprint density at radius 2 is 1.61 bits per heavy atom. The Hall–Kier alpha value is -4.80. The minimum absolute atomic E-state index is 0.114. The van der Waals surface area contributed by atoms with Crippen LogP contribution in [0.2, 0.25) is 0 Å². The van der Waals surface area contributed by atoms with Crippen molar-refractivity contribution in [3.63, 3.8) is 0 Å². The summed E-state index contributed by atoms with van der Waals surface area (Å²) in [7, 11) is 0. The number of carbonyl (C=O) groups is 3. The highest BCUT2D eigenvalue weighted by Crippen LogP contribution is 2.33. The number of halogens is 1. The second-order valence-corrected chi connectivity index (χ2v) is 9.62. The van der Waals surface area contributed by atoms with Crippen LogP contribution < -0.4 is 25.0 Å². The van der Waals surface area contributed by atoms with Gasteiger partial charge in [0.1, 0.15) is 5.82 Å². The molecule has 214 valence electrons. The summed E-state index contributed by atoms with van der Waals surface area (Å²) in [5.74, 6) is 0.107. The van der Waals surface area contributed by atoms with E-state index >= 15 is 0 Å². The Morgan fingerprint density at radius 3 is 2.34 bits per heavy atom. The van der Waals surface area contributed by atoms with Crippen LogP contribution in [0.15, 0.2) is 60.7 Å². The summed E-state index contributed by atoms with van der Waals surface area (Å²) in [4.78, 5) is 44.7. The van der Waals surface area contributed by atoms with Crippen LogP contribution in [0.4, 0.5) is 26.2 Å². The topological polar surface area (TPSA) is 103 Å². The molecule has 1 saturated heterocycles. The van der Waals surface area contributed by atoms with E-state index in [4.69, 9.17) is 9.47 Å². The predicted octanol–water partition coefficient (Wildman–Crippen LogP) is 4.64. The van der Waals surface area contributed by atoms with Gasteiger partial charge in [0.15, 0.2) is 11.5 Å². The zero-order valence-electron chi connectivity index (χ0n) is 23.0. The second kappa shape index (κ2) is 12.2. The van der Waals surface area contributed by atoms with Gasteiger partial charge in [-0.25, -0.2) is 9.18 Å². The number of nitrogens with one attached hydrogen (secondary N) is 2. The molecule has 0 spiro atoms. The van der Waals surface area contributed by atoms with Gasteiger partial charge in [0.2, 0.25) is 6.79 Å². The molecule has 0 atom stereocenters. The molecular weight excluding hydrogens is 529 g/mol. The summed E-state index contributed by atoms with van der Waals surface area (Å²) in [5.41, 5.74) is 2.19. The lowest BCUT2D eigenvalue weighted by atomic mass is 10.1. The highest BCUT2D eigenvalue weighted by Gasteiger charge is 2.26. The Bertz CT molecular complexity index is 1450. The van der Waals surface area contributed by atoms with E-state index in [9.17, 15) is 18.8 Å². The van der Waals surface area contributed by atoms with E-state index < -0.39 is 5.82 Å². The number of para-hydroxylation sites is 1. The molecule has 41 heavy (non-hydrogen) atoms. The first-order valence-electron chi connectivity index (χ1n) is 13.6. The summed E-state index contributed by atoms with van der Waals surface area (Å²) in [6.45, 7) is 6.75. The molecule has 0 unspecified atom stereocenters. The van der Waals surface area contributed by atoms with Gasteiger partial charge >= 0.3 is 6.03 Å². The van der Waals surface area contributed by atoms with Crippen LogP contribution in [0, 0.1) is 5.82 Å². The third-order valence-corrected chi connectivity index (χ3v) is 7.19. The quantitative estimate of drug-likeness (QED) is 0.436. The summed E-state index contributed by atoms with van der Waals surface area (Å²) < 4.78 is 24.7. The molecule has 0 aliphatic carbocycles. The van der Waals surface area contributed by atoms with E-state index in [2.05, 4.69) is 10.6 Å². The zero-order chi connectivity index (χ0) is 28.9. The molecule has 3 aromatic carbocycles. The van der Waals surface area contributed by atoms with Gasteiger partial charge in [0.05, 0.1) is 11.3 Å². The Labute approximate surface area is 237 Å². The van der Waals surface area contributed by atoms with Gasteiger partial charge in [-0.05, 0) is 62.4 Å². The molecule has 2 aliphatic rings. The van der Waals surface area contributed by atoms with E-state index in [1.807, 2.05) is 24.8 Å². The maximum Gasteiger partial charge on any atom is 0.322 e. The highest BCUT2D eigenvalue weighted by atomic mass is 19.1. The minimum Gasteiger partial charge on any atom is -0.454 e. The Morgan fingerprint density at radius 1 is 0.878 bits per heavy atom. The Balaban J connectivity index is 1.32. The molecule has 0 bridgehead atoms. The van der Waals surface area contributed by atoms with Gasteiger partial charge in [-0.2, -0.15) is 0 Å². The van der Waals surface area contributed by atoms with Crippen LogP contribution in [-0.4, -0.2) is 73.7 Å². The van der Waals surface area contributed by atoms with Gasteiger partial charge in [0.25, 0.3) is 11.8 Å². The Kier molecular flexibility index (Phi) is 8.23. The molecule has 0 saturated carbocycles. The molecule has 0 radical (unpaired) electrons. The van der Waals surface area contributed by atoms with Crippen molar-refractivity contribution in [2.75, 3.05) is 61.6 Å². The van der Waals surface area contributed by atoms with Crippen molar-refractivity contribution in [3.05, 3.63) is 77.6 Å². The van der Waals surface area contributed by atoms with E-state index in [1.54, 1.807) is 52.3 Å². The summed E-state index contributed by atoms with van der Waals surface area (Å²) >= 11 is 0. The van der Waals surface area contributed by atoms with Gasteiger partial charge in [-0.3, -0.25) is 9.59 Å². The monoisotopic (exact) mass is 561 g/mol. The number of carbonyl (C=O) groups excluding carboxylic acids is 3. The predicted molar refractivity (Wildman–Crippen MR) is 153 cm³/mol. The zero-order valence-corrected chi connectivity index (χ0v) is 23.0. The third-order valence-electron chi connectivity index (χ3n) is 7.19. The number of piperazine rings is 1. The molecule has 5 rings (SSSR count). The first-order chi connectivity index (χ1) is 19.9. The summed E-state index contributed by atoms with van der Waals surface area (Å²) in [5, 5.41) is 5.51. The fourth-order valence-electron chi connectivity index (χ4n) is 4.89. The van der Waals surface area contributed by atoms with Gasteiger partial charge in [-0.1, -0.05) is 12.1 Å². The molecule has 2 heterocycles. The maximum atomic E-state index is 14.0. The fraction of sp³-hybridized carbons (Fsp3) is 0.300. The van der Waals surface area contributed by atoms with Crippen LogP contribution in [-0.2, 0) is 0 Å². The lowest BCUT2D eigenvalue weighted by molar-refractivity contribution is 0.0773. The molecule has 2 N–H and O–H groups in total. The number of fused-ring (bicyclic) bond motifs is 1. The van der Waals surface area contributed by atoms with Gasteiger partial charge in [0, 0.05) is 56.2 Å². The standard InChI is InChI=1S/C30H32FN5O5/c1-3-34(4-2)29(38)22-18-21(32-28(37)20-9-12-26-27(17-20)41-19-40-26)10-11-25(22)35-13-15-36(16-14-35)30(39)33-24-8-6-5-7-23(24)31/h5-12,17-18H,3-4,13-16,19H2,1-2H3,(H,32,37)(H,33,39). The number of hydrogen-bond donors (Lipinski definition) is 2. The van der Waals surface area contributed by atoms with Crippen LogP contribution in [0.25, 0.3) is 0 Å². The molecule has 11 heteroatoms. The number of benzene rings is 3. The van der Waals surface area contributed by atoms with Gasteiger partial charge in [-0.15, -0.1) is 0 Å². The number of rotatable bonds is 7. The van der Waals surface area contributed by atoms with Crippen molar-refractivity contribution in [1.82, 2.24) is 9.80 Å². The molecule has 1 fully saturated rings. The molecule has 2 aliphatic heterocycles. The SMILES string of the molecule is CCN(CC)C(=O)c1cc(NC(=O)c2ccc3c(c2)OCO3)ccc1N1CCN(C(=O)Nc2ccccc2F)CC1. The number of nitrogens with zero attached hydrogens (tertiary/aromatic N) is 3. The number of ether oxygens (including phenoxy) is 2. The molecule has 3 aromatic rings. The van der Waals surface area contributed by atoms with Crippen molar-refractivity contribution >= 4 is 34.9 Å². The van der Waals surface area contributed by atoms with Crippen LogP contribution in [0.1, 0.15) is 34.6 Å². The second-order valence-electron chi connectivity index (χ2n) is 9.62. The maximum absolute atomic E-state index is 14.0. The summed E-state index contributed by atoms with van der Waals surface area (Å²) in [6, 6.07) is 15.9. The number of hydrogen-bond acceptors (Lipinski definition) is 6. The normalized spacial score (nSPS) is 14.0. The average Bonchev–Trinajstić information content (AvgIpc) is 3.47. The van der Waals surface area contributed by atoms with Crippen molar-refractivity contribution in [3.8, 4) is 11.5 Å². The molecule has 4 amide bonds. The average molecular weight is 562 g/mol. The van der Waals surface area contributed by atoms with Crippen LogP contribution >= 0.6 is 0 Å². The fourth-order valence-corrected chi connectivity index (χ4v) is 4.89. The number of urea groups is 1. The number of anilines is 3. The van der Waals surface area contributed by atoms with Crippen molar-refractivity contribution in [2.24, 2.45) is 0 Å². The largest absolute Gasteiger partial charge is 0.454 e. The minimum atomic E-state index is -0.496. The highest BCUT2D eigenvalue weighted by molar-refractivity contribution is 6.06. The third kappa shape index (κ3) is 6.03. The first kappa shape index (κ1) is 27.8. The molecule has 0 aromatic heterocycles. The van der Waals surface area contributed by atoms with Crippen LogP contribution in [0.3, 0.4) is 0 Å². The summed E-state index contributed by atoms with van der Waals surface area (Å²) in [6.07, 6.45) is 0. The molecular formula is C30H32FN5O5. The number of amides is 4. The lowest BCUT2D eigenvalue weighted by Gasteiger charge is -2.37. The van der Waals surface area contributed by atoms with E-state index in [-0.39, 0.29) is 30.3 Å². The van der Waals surface area contributed by atoms with E-state index in [0.717, 1.165) is 5.69 Å². The molecule has 10 nitrogen and oxygen atoms in total. The van der Waals surface area contributed by atoms with Crippen molar-refractivity contribution in [2.45, 2.75) is 13.8 Å². The first-order valence-corrected chi connectivity index (χ1v) is 13.6.